The third-order valence-electron chi connectivity index (χ3n) is 2.14. The number of benzene rings is 1. The van der Waals surface area contributed by atoms with Gasteiger partial charge < -0.3 is 14.3 Å². The van der Waals surface area contributed by atoms with Crippen molar-refractivity contribution in [2.75, 3.05) is 0 Å². The highest BCUT2D eigenvalue weighted by atomic mass is 19.1. The van der Waals surface area contributed by atoms with Crippen LogP contribution in [0.15, 0.2) is 46.9 Å². The van der Waals surface area contributed by atoms with Crippen LogP contribution >= 0.6 is 0 Å². The molecule has 17 heavy (non-hydrogen) atoms. The number of rotatable bonds is 3. The number of carboxylic acid groups (broad SMARTS) is 1. The van der Waals surface area contributed by atoms with Gasteiger partial charge in [0.1, 0.15) is 17.3 Å². The van der Waals surface area contributed by atoms with E-state index in [-0.39, 0.29) is 5.82 Å². The zero-order valence-electron chi connectivity index (χ0n) is 8.72. The van der Waals surface area contributed by atoms with Gasteiger partial charge in [-0.1, -0.05) is 0 Å². The Balaban J connectivity index is 2.23. The largest absolute Gasteiger partial charge is 0.545 e. The molecule has 3 nitrogen and oxygen atoms in total. The van der Waals surface area contributed by atoms with E-state index < -0.39 is 5.97 Å². The van der Waals surface area contributed by atoms with Crippen LogP contribution in [0.2, 0.25) is 0 Å². The maximum Gasteiger partial charge on any atom is 0.134 e. The molecular weight excluding hydrogens is 223 g/mol. The number of carbonyl (C=O) groups is 1. The van der Waals surface area contributed by atoms with Crippen LogP contribution in [0.5, 0.6) is 0 Å². The zero-order chi connectivity index (χ0) is 12.3. The Kier molecular flexibility index (Phi) is 3.05. The van der Waals surface area contributed by atoms with E-state index in [2.05, 4.69) is 0 Å². The second-order valence-electron chi connectivity index (χ2n) is 3.36. The summed E-state index contributed by atoms with van der Waals surface area (Å²) in [5.41, 5.74) is 0.722. The number of aliphatic carboxylic acids is 1. The van der Waals surface area contributed by atoms with E-state index in [0.29, 0.717) is 11.5 Å². The summed E-state index contributed by atoms with van der Waals surface area (Å²) in [5, 5.41) is 10.2. The molecule has 86 valence electrons. The van der Waals surface area contributed by atoms with Crippen molar-refractivity contribution in [1.82, 2.24) is 0 Å². The molecule has 0 N–H and O–H groups in total. The van der Waals surface area contributed by atoms with Crippen LogP contribution in [0.3, 0.4) is 0 Å². The van der Waals surface area contributed by atoms with Gasteiger partial charge in [0.2, 0.25) is 0 Å². The lowest BCUT2D eigenvalue weighted by Gasteiger charge is -1.96. The summed E-state index contributed by atoms with van der Waals surface area (Å²) in [7, 11) is 0. The smallest absolute Gasteiger partial charge is 0.134 e. The highest BCUT2D eigenvalue weighted by Gasteiger charge is 2.02. The first-order valence-electron chi connectivity index (χ1n) is 4.90. The molecule has 0 aliphatic heterocycles. The Morgan fingerprint density at radius 1 is 1.18 bits per heavy atom. The van der Waals surface area contributed by atoms with Crippen molar-refractivity contribution in [2.24, 2.45) is 0 Å². The lowest BCUT2D eigenvalue weighted by Crippen LogP contribution is -2.18. The Morgan fingerprint density at radius 2 is 1.88 bits per heavy atom. The molecule has 0 bridgehead atoms. The van der Waals surface area contributed by atoms with Crippen LogP contribution in [0.1, 0.15) is 5.76 Å². The van der Waals surface area contributed by atoms with Crippen LogP contribution in [0.25, 0.3) is 17.4 Å². The van der Waals surface area contributed by atoms with E-state index >= 15 is 0 Å². The molecule has 0 saturated carbocycles. The topological polar surface area (TPSA) is 53.3 Å². The molecule has 0 saturated heterocycles. The molecule has 1 aromatic heterocycles. The Morgan fingerprint density at radius 3 is 2.53 bits per heavy atom. The molecule has 0 fully saturated rings. The average Bonchev–Trinajstić information content (AvgIpc) is 2.76. The molecule has 2 aromatic rings. The van der Waals surface area contributed by atoms with Gasteiger partial charge in [0, 0.05) is 5.56 Å². The number of furan rings is 1. The van der Waals surface area contributed by atoms with Crippen LogP contribution in [-0.4, -0.2) is 5.97 Å². The summed E-state index contributed by atoms with van der Waals surface area (Å²) in [6, 6.07) is 9.13. The van der Waals surface area contributed by atoms with Crippen molar-refractivity contribution in [3.8, 4) is 11.3 Å². The highest BCUT2D eigenvalue weighted by molar-refractivity contribution is 5.83. The van der Waals surface area contributed by atoms with Gasteiger partial charge >= 0.3 is 0 Å². The Labute approximate surface area is 96.8 Å². The summed E-state index contributed by atoms with van der Waals surface area (Å²) in [5.74, 6) is -0.668. The highest BCUT2D eigenvalue weighted by Crippen LogP contribution is 2.22. The van der Waals surface area contributed by atoms with E-state index in [1.54, 1.807) is 24.3 Å². The van der Waals surface area contributed by atoms with Crippen molar-refractivity contribution in [2.45, 2.75) is 0 Å². The minimum atomic E-state index is -1.29. The van der Waals surface area contributed by atoms with Gasteiger partial charge in [0.05, 0.1) is 5.97 Å². The third-order valence-corrected chi connectivity index (χ3v) is 2.14. The first kappa shape index (κ1) is 11.1. The first-order chi connectivity index (χ1) is 8.15. The minimum Gasteiger partial charge on any atom is -0.545 e. The molecule has 0 unspecified atom stereocenters. The zero-order valence-corrected chi connectivity index (χ0v) is 8.72. The molecule has 1 heterocycles. The molecule has 2 rings (SSSR count). The van der Waals surface area contributed by atoms with Gasteiger partial charge in [-0.3, -0.25) is 0 Å². The standard InChI is InChI=1S/C13H9FO3/c14-10-3-1-9(2-4-10)12-7-5-11(17-12)6-8-13(15)16/h1-8H,(H,15,16)/p-1/b8-6+. The fourth-order valence-electron chi connectivity index (χ4n) is 1.36. The maximum atomic E-state index is 12.7. The number of carboxylic acids is 1. The van der Waals surface area contributed by atoms with E-state index in [1.165, 1.54) is 18.2 Å². The fourth-order valence-corrected chi connectivity index (χ4v) is 1.36. The number of carbonyl (C=O) groups excluding carboxylic acids is 1. The molecule has 0 atom stereocenters. The average molecular weight is 231 g/mol. The van der Waals surface area contributed by atoms with Crippen LogP contribution < -0.4 is 5.11 Å². The summed E-state index contributed by atoms with van der Waals surface area (Å²) < 4.78 is 18.1. The van der Waals surface area contributed by atoms with Crippen molar-refractivity contribution < 1.29 is 18.7 Å². The quantitative estimate of drug-likeness (QED) is 0.757. The van der Waals surface area contributed by atoms with Crippen LogP contribution in [0.4, 0.5) is 4.39 Å². The third kappa shape index (κ3) is 2.81. The number of halogens is 1. The van der Waals surface area contributed by atoms with E-state index in [0.717, 1.165) is 11.6 Å². The first-order valence-corrected chi connectivity index (χ1v) is 4.90. The Hall–Kier alpha value is -2.36. The maximum absolute atomic E-state index is 12.7. The fraction of sp³-hybridized carbons (Fsp3) is 0. The molecule has 1 aromatic carbocycles. The molecule has 4 heteroatoms. The van der Waals surface area contributed by atoms with Gasteiger partial charge in [-0.15, -0.1) is 0 Å². The Bertz CT molecular complexity index is 552. The molecule has 0 amide bonds. The number of hydrogen-bond acceptors (Lipinski definition) is 3. The van der Waals surface area contributed by atoms with Crippen molar-refractivity contribution in [1.29, 1.82) is 0 Å². The van der Waals surface area contributed by atoms with Crippen molar-refractivity contribution in [3.05, 3.63) is 54.1 Å². The van der Waals surface area contributed by atoms with Gasteiger partial charge in [-0.05, 0) is 48.6 Å². The molecule has 0 spiro atoms. The van der Waals surface area contributed by atoms with Gasteiger partial charge in [0.25, 0.3) is 0 Å². The molecule has 0 aliphatic carbocycles. The number of hydrogen-bond donors (Lipinski definition) is 0. The molecule has 0 aliphatic rings. The normalized spacial score (nSPS) is 10.9. The SMILES string of the molecule is O=C([O-])/C=C/c1ccc(-c2ccc(F)cc2)o1. The summed E-state index contributed by atoms with van der Waals surface area (Å²) in [6.45, 7) is 0. The van der Waals surface area contributed by atoms with Gasteiger partial charge in [-0.25, -0.2) is 4.39 Å². The summed E-state index contributed by atoms with van der Waals surface area (Å²) in [4.78, 5) is 10.2. The van der Waals surface area contributed by atoms with Crippen molar-refractivity contribution in [3.63, 3.8) is 0 Å². The summed E-state index contributed by atoms with van der Waals surface area (Å²) in [6.07, 6.45) is 2.18. The second-order valence-corrected chi connectivity index (χ2v) is 3.36. The molecular formula is C13H8FO3-. The lowest BCUT2D eigenvalue weighted by atomic mass is 10.2. The van der Waals surface area contributed by atoms with Gasteiger partial charge in [-0.2, -0.15) is 0 Å². The predicted octanol–water partition coefficient (Wildman–Crippen LogP) is 1.85. The lowest BCUT2D eigenvalue weighted by molar-refractivity contribution is -0.297. The second kappa shape index (κ2) is 4.65. The molecule has 0 radical (unpaired) electrons. The minimum absolute atomic E-state index is 0.322. The summed E-state index contributed by atoms with van der Waals surface area (Å²) >= 11 is 0. The monoisotopic (exact) mass is 231 g/mol. The van der Waals surface area contributed by atoms with Crippen LogP contribution in [0, 0.1) is 5.82 Å². The van der Waals surface area contributed by atoms with E-state index in [4.69, 9.17) is 4.42 Å². The van der Waals surface area contributed by atoms with Crippen molar-refractivity contribution >= 4 is 12.0 Å². The van der Waals surface area contributed by atoms with Crippen LogP contribution in [-0.2, 0) is 4.79 Å². The van der Waals surface area contributed by atoms with E-state index in [9.17, 15) is 14.3 Å². The van der Waals surface area contributed by atoms with E-state index in [1.807, 2.05) is 0 Å². The van der Waals surface area contributed by atoms with Gasteiger partial charge in [0.15, 0.2) is 0 Å². The predicted molar refractivity (Wildman–Crippen MR) is 58.1 cm³/mol.